The molecule has 0 bridgehead atoms. The van der Waals surface area contributed by atoms with Gasteiger partial charge >= 0.3 is 0 Å². The Bertz CT molecular complexity index is 671. The minimum absolute atomic E-state index is 0.0665. The third-order valence-electron chi connectivity index (χ3n) is 2.90. The maximum Gasteiger partial charge on any atom is 0.138 e. The average molecular weight is 346 g/mol. The van der Waals surface area contributed by atoms with Gasteiger partial charge in [-0.3, -0.25) is 0 Å². The van der Waals surface area contributed by atoms with Gasteiger partial charge in [0.2, 0.25) is 0 Å². The van der Waals surface area contributed by atoms with E-state index in [0.29, 0.717) is 16.5 Å². The minimum atomic E-state index is 0.0665. The summed E-state index contributed by atoms with van der Waals surface area (Å²) in [5, 5.41) is 5.48. The molecule has 0 radical (unpaired) electrons. The molecule has 0 aromatic heterocycles. The molecule has 1 rings (SSSR count). The van der Waals surface area contributed by atoms with Gasteiger partial charge in [-0.15, -0.1) is 0 Å². The van der Waals surface area contributed by atoms with Gasteiger partial charge in [0, 0.05) is 6.20 Å². The maximum absolute atomic E-state index is 7.34. The zero-order valence-electron chi connectivity index (χ0n) is 14.6. The highest BCUT2D eigenvalue weighted by atomic mass is 35.5. The molecule has 0 aliphatic rings. The van der Waals surface area contributed by atoms with Crippen LogP contribution in [0.3, 0.4) is 0 Å². The topological polar surface area (TPSA) is 48.7 Å². The molecule has 0 amide bonds. The second kappa shape index (κ2) is 9.73. The molecule has 0 heterocycles. The van der Waals surface area contributed by atoms with Crippen molar-refractivity contribution in [3.05, 3.63) is 71.1 Å². The van der Waals surface area contributed by atoms with Crippen molar-refractivity contribution in [3.8, 4) is 5.75 Å². The van der Waals surface area contributed by atoms with Crippen LogP contribution in [0.5, 0.6) is 5.75 Å². The molecular weight excluding hydrogens is 322 g/mol. The predicted octanol–water partition coefficient (Wildman–Crippen LogP) is 6.38. The summed E-state index contributed by atoms with van der Waals surface area (Å²) in [6.45, 7) is 11.7. The summed E-state index contributed by atoms with van der Waals surface area (Å²) in [7, 11) is 0. The van der Waals surface area contributed by atoms with Gasteiger partial charge in [-0.05, 0) is 63.6 Å². The molecule has 0 aliphatic heterocycles. The van der Waals surface area contributed by atoms with Crippen LogP contribution >= 0.6 is 11.6 Å². The summed E-state index contributed by atoms with van der Waals surface area (Å²) in [6.07, 6.45) is 9.03. The van der Waals surface area contributed by atoms with Gasteiger partial charge in [-0.1, -0.05) is 41.1 Å². The first-order chi connectivity index (χ1) is 11.4. The second-order valence-corrected chi connectivity index (χ2v) is 6.06. The molecule has 1 aromatic carbocycles. The summed E-state index contributed by atoms with van der Waals surface area (Å²) in [5.41, 5.74) is 10.1. The van der Waals surface area contributed by atoms with E-state index in [4.69, 9.17) is 21.9 Å². The van der Waals surface area contributed by atoms with E-state index in [0.717, 1.165) is 11.1 Å². The average Bonchev–Trinajstić information content (AvgIpc) is 2.52. The predicted molar refractivity (Wildman–Crippen MR) is 101 cm³/mol. The number of benzene rings is 1. The van der Waals surface area contributed by atoms with Gasteiger partial charge in [-0.2, -0.15) is 5.53 Å². The molecule has 0 saturated heterocycles. The summed E-state index contributed by atoms with van der Waals surface area (Å²) in [6, 6.07) is 5.54. The highest BCUT2D eigenvalue weighted by Crippen LogP contribution is 2.27. The number of allylic oxidation sites excluding steroid dienone is 4. The van der Waals surface area contributed by atoms with Gasteiger partial charge in [-0.25, -0.2) is 5.01 Å². The number of ether oxygens (including phenoxy) is 1. The smallest absolute Gasteiger partial charge is 0.138 e. The van der Waals surface area contributed by atoms with Crippen LogP contribution in [0.1, 0.15) is 33.3 Å². The van der Waals surface area contributed by atoms with E-state index in [-0.39, 0.29) is 6.10 Å². The zero-order chi connectivity index (χ0) is 18.1. The Balaban J connectivity index is 2.98. The number of nitrogens with zero attached hydrogens (tertiary/aromatic N) is 2. The highest BCUT2D eigenvalue weighted by Gasteiger charge is 2.05. The Morgan fingerprint density at radius 2 is 2.04 bits per heavy atom. The fourth-order valence-electron chi connectivity index (χ4n) is 1.79. The van der Waals surface area contributed by atoms with Crippen molar-refractivity contribution in [2.75, 3.05) is 0 Å². The first-order valence-electron chi connectivity index (χ1n) is 7.66. The normalized spacial score (nSPS) is 11.5. The fraction of sp³-hybridized carbons (Fsp3) is 0.263. The number of nitrogens with one attached hydrogen (secondary N) is 1. The molecule has 0 unspecified atom stereocenters. The Labute approximate surface area is 149 Å². The molecule has 0 fully saturated rings. The molecule has 0 atom stereocenters. The largest absolute Gasteiger partial charge is 0.489 e. The van der Waals surface area contributed by atoms with Crippen LogP contribution in [0, 0.1) is 5.53 Å². The Hall–Kier alpha value is -2.33. The van der Waals surface area contributed by atoms with E-state index < -0.39 is 0 Å². The van der Waals surface area contributed by atoms with Gasteiger partial charge in [0.15, 0.2) is 0 Å². The van der Waals surface area contributed by atoms with E-state index in [1.165, 1.54) is 5.01 Å². The molecular formula is C19H24ClN3O. The zero-order valence-corrected chi connectivity index (χ0v) is 15.3. The Morgan fingerprint density at radius 3 is 2.54 bits per heavy atom. The third-order valence-corrected chi connectivity index (χ3v) is 3.19. The highest BCUT2D eigenvalue weighted by molar-refractivity contribution is 6.32. The summed E-state index contributed by atoms with van der Waals surface area (Å²) < 4.78 is 5.61. The van der Waals surface area contributed by atoms with E-state index in [1.54, 1.807) is 12.3 Å². The summed E-state index contributed by atoms with van der Waals surface area (Å²) in [4.78, 5) is 0. The molecule has 128 valence electrons. The van der Waals surface area contributed by atoms with Crippen LogP contribution in [0.25, 0.3) is 6.08 Å². The molecule has 1 aromatic rings. The lowest BCUT2D eigenvalue weighted by Crippen LogP contribution is -2.06. The fourth-order valence-corrected chi connectivity index (χ4v) is 2.03. The molecule has 0 saturated carbocycles. The van der Waals surface area contributed by atoms with E-state index in [1.807, 2.05) is 64.1 Å². The monoisotopic (exact) mass is 345 g/mol. The summed E-state index contributed by atoms with van der Waals surface area (Å²) >= 11 is 6.23. The van der Waals surface area contributed by atoms with E-state index >= 15 is 0 Å². The van der Waals surface area contributed by atoms with Crippen LogP contribution in [0.4, 0.5) is 0 Å². The Morgan fingerprint density at radius 1 is 1.33 bits per heavy atom. The molecule has 5 heteroatoms. The van der Waals surface area contributed by atoms with Crippen LogP contribution in [0.2, 0.25) is 5.02 Å². The van der Waals surface area contributed by atoms with Crippen LogP contribution in [0.15, 0.2) is 65.7 Å². The Kier molecular flexibility index (Phi) is 7.99. The van der Waals surface area contributed by atoms with Gasteiger partial charge in [0.05, 0.1) is 16.8 Å². The number of hydrogen-bond donors (Lipinski definition) is 1. The summed E-state index contributed by atoms with van der Waals surface area (Å²) in [5.74, 6) is 0.654. The lowest BCUT2D eigenvalue weighted by atomic mass is 10.2. The lowest BCUT2D eigenvalue weighted by Gasteiger charge is -2.13. The van der Waals surface area contributed by atoms with Crippen LogP contribution < -0.4 is 4.74 Å². The van der Waals surface area contributed by atoms with Crippen molar-refractivity contribution in [3.63, 3.8) is 0 Å². The third kappa shape index (κ3) is 6.42. The van der Waals surface area contributed by atoms with Crippen molar-refractivity contribution in [1.82, 2.24) is 5.01 Å². The SMILES string of the molecule is C=C/C(=C\C=C(C)C)N(/C=C/c1ccc(OC(C)C)c(Cl)c1)N=N. The number of halogens is 1. The van der Waals surface area contributed by atoms with Crippen molar-refractivity contribution in [2.24, 2.45) is 5.22 Å². The molecule has 1 N–H and O–H groups in total. The van der Waals surface area contributed by atoms with Gasteiger partial charge < -0.3 is 4.74 Å². The quantitative estimate of drug-likeness (QED) is 0.337. The minimum Gasteiger partial charge on any atom is -0.489 e. The van der Waals surface area contributed by atoms with Crippen molar-refractivity contribution < 1.29 is 4.74 Å². The lowest BCUT2D eigenvalue weighted by molar-refractivity contribution is 0.242. The first kappa shape index (κ1) is 19.7. The molecule has 0 spiro atoms. The van der Waals surface area contributed by atoms with Crippen LogP contribution in [-0.2, 0) is 0 Å². The van der Waals surface area contributed by atoms with Crippen LogP contribution in [-0.4, -0.2) is 11.1 Å². The van der Waals surface area contributed by atoms with Crippen molar-refractivity contribution in [2.45, 2.75) is 33.8 Å². The standard InChI is InChI=1S/C19H24ClN3O/c1-6-17(9-7-14(2)3)23(22-21)12-11-16-8-10-19(18(20)13-16)24-15(4)5/h6-13,15,21H,1H2,2-5H3/b12-11+,17-9+,22-21?. The van der Waals surface area contributed by atoms with Crippen molar-refractivity contribution in [1.29, 1.82) is 5.53 Å². The molecule has 0 aliphatic carbocycles. The molecule has 4 nitrogen and oxygen atoms in total. The van der Waals surface area contributed by atoms with Gasteiger partial charge in [0.1, 0.15) is 5.75 Å². The van der Waals surface area contributed by atoms with E-state index in [2.05, 4.69) is 11.8 Å². The maximum atomic E-state index is 7.34. The number of hydrogen-bond acceptors (Lipinski definition) is 3. The van der Waals surface area contributed by atoms with Gasteiger partial charge in [0.25, 0.3) is 0 Å². The second-order valence-electron chi connectivity index (χ2n) is 5.66. The first-order valence-corrected chi connectivity index (χ1v) is 8.03. The molecule has 24 heavy (non-hydrogen) atoms. The van der Waals surface area contributed by atoms with Crippen molar-refractivity contribution >= 4 is 17.7 Å². The van der Waals surface area contributed by atoms with E-state index in [9.17, 15) is 0 Å². The number of rotatable bonds is 8.